The van der Waals surface area contributed by atoms with Gasteiger partial charge < -0.3 is 14.5 Å². The fourth-order valence-electron chi connectivity index (χ4n) is 5.43. The monoisotopic (exact) mass is 550 g/mol. The van der Waals surface area contributed by atoms with Crippen LogP contribution >= 0.6 is 0 Å². The first-order valence-electron chi connectivity index (χ1n) is 13.4. The highest BCUT2D eigenvalue weighted by Crippen LogP contribution is 2.34. The summed E-state index contributed by atoms with van der Waals surface area (Å²) in [7, 11) is 0. The van der Waals surface area contributed by atoms with E-state index in [1.807, 2.05) is 41.9 Å². The quantitative estimate of drug-likeness (QED) is 0.356. The van der Waals surface area contributed by atoms with Gasteiger partial charge in [-0.25, -0.2) is 14.6 Å². The van der Waals surface area contributed by atoms with Crippen LogP contribution in [-0.2, 0) is 10.9 Å². The van der Waals surface area contributed by atoms with E-state index in [9.17, 15) is 18.0 Å². The molecule has 2 aromatic heterocycles. The number of fused-ring (bicyclic) bond motifs is 1. The number of carbonyl (C=O) groups excluding carboxylic acids is 1. The molecule has 0 N–H and O–H groups in total. The van der Waals surface area contributed by atoms with Crippen LogP contribution in [0.1, 0.15) is 46.2 Å². The van der Waals surface area contributed by atoms with Crippen LogP contribution in [-0.4, -0.2) is 69.9 Å². The number of para-hydroxylation sites is 1. The Morgan fingerprint density at radius 1 is 0.950 bits per heavy atom. The van der Waals surface area contributed by atoms with Crippen molar-refractivity contribution in [3.63, 3.8) is 0 Å². The van der Waals surface area contributed by atoms with Crippen molar-refractivity contribution in [1.82, 2.24) is 24.6 Å². The fraction of sp³-hybridized carbons (Fsp3) is 0.379. The zero-order chi connectivity index (χ0) is 27.9. The Hall–Kier alpha value is -3.99. The maximum Gasteiger partial charge on any atom is 0.416 e. The number of hydrogen-bond donors (Lipinski definition) is 0. The van der Waals surface area contributed by atoms with Crippen molar-refractivity contribution in [2.24, 2.45) is 0 Å². The Kier molecular flexibility index (Phi) is 6.91. The van der Waals surface area contributed by atoms with E-state index in [0.29, 0.717) is 39.4 Å². The number of piperazine rings is 1. The van der Waals surface area contributed by atoms with E-state index >= 15 is 0 Å². The van der Waals surface area contributed by atoms with Gasteiger partial charge in [0.25, 0.3) is 5.91 Å². The first-order chi connectivity index (χ1) is 19.3. The smallest absolute Gasteiger partial charge is 0.381 e. The molecule has 0 bridgehead atoms. The summed E-state index contributed by atoms with van der Waals surface area (Å²) in [6.45, 7) is 4.96. The summed E-state index contributed by atoms with van der Waals surface area (Å²) in [6, 6.07) is 14.4. The third-order valence-corrected chi connectivity index (χ3v) is 7.59. The number of anilines is 1. The molecular formula is C29H29F3N6O2. The summed E-state index contributed by atoms with van der Waals surface area (Å²) in [5, 5.41) is 5.68. The number of amides is 1. The number of carbonyl (C=O) groups is 1. The second-order valence-electron chi connectivity index (χ2n) is 10.2. The van der Waals surface area contributed by atoms with Crippen molar-refractivity contribution in [3.05, 3.63) is 77.2 Å². The van der Waals surface area contributed by atoms with Gasteiger partial charge in [-0.1, -0.05) is 24.3 Å². The maximum absolute atomic E-state index is 13.2. The standard InChI is InChI=1S/C29H29F3N6O2/c1-19-24-26(36-12-14-37(15-13-36)28(39)21-6-5-7-22(18-21)29(30,31)32)33-25(20-10-16-40-17-11-20)34-27(24)38(35-19)23-8-3-2-4-9-23/h2-9,18,20H,10-17H2,1H3. The number of alkyl halides is 3. The molecule has 4 heterocycles. The average Bonchev–Trinajstić information content (AvgIpc) is 3.33. The summed E-state index contributed by atoms with van der Waals surface area (Å²) in [4.78, 5) is 26.9. The van der Waals surface area contributed by atoms with Crippen LogP contribution in [0.25, 0.3) is 16.7 Å². The molecule has 40 heavy (non-hydrogen) atoms. The van der Waals surface area contributed by atoms with Gasteiger partial charge in [0.15, 0.2) is 5.65 Å². The molecule has 0 aliphatic carbocycles. The van der Waals surface area contributed by atoms with Gasteiger partial charge >= 0.3 is 6.18 Å². The number of aryl methyl sites for hydroxylation is 1. The summed E-state index contributed by atoms with van der Waals surface area (Å²) in [5.41, 5.74) is 1.65. The van der Waals surface area contributed by atoms with Crippen molar-refractivity contribution in [2.75, 3.05) is 44.3 Å². The van der Waals surface area contributed by atoms with Crippen molar-refractivity contribution in [3.8, 4) is 5.69 Å². The van der Waals surface area contributed by atoms with E-state index in [-0.39, 0.29) is 11.5 Å². The van der Waals surface area contributed by atoms with Crippen LogP contribution in [0.5, 0.6) is 0 Å². The molecule has 2 aliphatic rings. The number of aromatic nitrogens is 4. The van der Waals surface area contributed by atoms with Gasteiger partial charge in [-0.15, -0.1) is 0 Å². The highest BCUT2D eigenvalue weighted by atomic mass is 19.4. The summed E-state index contributed by atoms with van der Waals surface area (Å²) >= 11 is 0. The zero-order valence-electron chi connectivity index (χ0n) is 22.1. The average molecular weight is 551 g/mol. The third-order valence-electron chi connectivity index (χ3n) is 7.59. The Morgan fingerprint density at radius 2 is 1.68 bits per heavy atom. The Balaban J connectivity index is 1.31. The number of nitrogens with zero attached hydrogens (tertiary/aromatic N) is 6. The molecule has 11 heteroatoms. The minimum absolute atomic E-state index is 0.0366. The molecule has 208 valence electrons. The van der Waals surface area contributed by atoms with E-state index in [4.69, 9.17) is 19.8 Å². The second kappa shape index (κ2) is 10.5. The predicted molar refractivity (Wildman–Crippen MR) is 144 cm³/mol. The van der Waals surface area contributed by atoms with E-state index < -0.39 is 17.6 Å². The van der Waals surface area contributed by atoms with Crippen LogP contribution in [0.15, 0.2) is 54.6 Å². The first kappa shape index (κ1) is 26.2. The van der Waals surface area contributed by atoms with Gasteiger partial charge in [0.1, 0.15) is 11.6 Å². The lowest BCUT2D eigenvalue weighted by atomic mass is 9.99. The zero-order valence-corrected chi connectivity index (χ0v) is 22.1. The predicted octanol–water partition coefficient (Wildman–Crippen LogP) is 5.00. The molecular weight excluding hydrogens is 521 g/mol. The molecule has 2 aliphatic heterocycles. The van der Waals surface area contributed by atoms with Crippen LogP contribution < -0.4 is 4.90 Å². The normalized spacial score (nSPS) is 17.0. The number of halogens is 3. The van der Waals surface area contributed by atoms with Gasteiger partial charge in [-0.3, -0.25) is 4.79 Å². The van der Waals surface area contributed by atoms with Gasteiger partial charge in [0.05, 0.1) is 22.3 Å². The summed E-state index contributed by atoms with van der Waals surface area (Å²) < 4.78 is 47.0. The molecule has 0 unspecified atom stereocenters. The molecule has 0 saturated carbocycles. The molecule has 8 nitrogen and oxygen atoms in total. The molecule has 0 spiro atoms. The number of hydrogen-bond acceptors (Lipinski definition) is 6. The van der Waals surface area contributed by atoms with Crippen LogP contribution in [0.4, 0.5) is 19.0 Å². The van der Waals surface area contributed by atoms with Gasteiger partial charge in [-0.05, 0) is 50.1 Å². The van der Waals surface area contributed by atoms with E-state index in [0.717, 1.165) is 59.0 Å². The van der Waals surface area contributed by atoms with Gasteiger partial charge in [0.2, 0.25) is 0 Å². The highest BCUT2D eigenvalue weighted by Gasteiger charge is 2.32. The topological polar surface area (TPSA) is 76.4 Å². The molecule has 4 aromatic rings. The minimum atomic E-state index is -4.50. The van der Waals surface area contributed by atoms with E-state index in [1.54, 1.807) is 4.90 Å². The van der Waals surface area contributed by atoms with E-state index in [1.165, 1.54) is 12.1 Å². The number of rotatable bonds is 4. The largest absolute Gasteiger partial charge is 0.416 e. The van der Waals surface area contributed by atoms with Crippen molar-refractivity contribution >= 4 is 22.8 Å². The molecule has 1 amide bonds. The number of benzene rings is 2. The first-order valence-corrected chi connectivity index (χ1v) is 13.4. The Labute approximate surface area is 229 Å². The molecule has 2 saturated heterocycles. The van der Waals surface area contributed by atoms with Crippen LogP contribution in [0.3, 0.4) is 0 Å². The molecule has 6 rings (SSSR count). The molecule has 0 atom stereocenters. The van der Waals surface area contributed by atoms with Crippen LogP contribution in [0, 0.1) is 6.92 Å². The van der Waals surface area contributed by atoms with Gasteiger partial charge in [-0.2, -0.15) is 18.3 Å². The lowest BCUT2D eigenvalue weighted by Crippen LogP contribution is -2.49. The lowest BCUT2D eigenvalue weighted by molar-refractivity contribution is -0.137. The Morgan fingerprint density at radius 3 is 2.38 bits per heavy atom. The third kappa shape index (κ3) is 5.01. The summed E-state index contributed by atoms with van der Waals surface area (Å²) in [6.07, 6.45) is -2.83. The van der Waals surface area contributed by atoms with Crippen molar-refractivity contribution in [1.29, 1.82) is 0 Å². The maximum atomic E-state index is 13.2. The SMILES string of the molecule is Cc1nn(-c2ccccc2)c2nc(C3CCOCC3)nc(N3CCN(C(=O)c4cccc(C(F)(F)F)c4)CC3)c12. The number of ether oxygens (including phenoxy) is 1. The second-order valence-corrected chi connectivity index (χ2v) is 10.2. The van der Waals surface area contributed by atoms with Gasteiger partial charge in [0, 0.05) is 50.9 Å². The summed E-state index contributed by atoms with van der Waals surface area (Å²) in [5.74, 6) is 1.29. The highest BCUT2D eigenvalue weighted by molar-refractivity contribution is 5.95. The van der Waals surface area contributed by atoms with Crippen molar-refractivity contribution < 1.29 is 22.7 Å². The fourth-order valence-corrected chi connectivity index (χ4v) is 5.43. The molecule has 0 radical (unpaired) electrons. The molecule has 2 fully saturated rings. The van der Waals surface area contributed by atoms with Crippen molar-refractivity contribution in [2.45, 2.75) is 31.9 Å². The van der Waals surface area contributed by atoms with Crippen LogP contribution in [0.2, 0.25) is 0 Å². The van der Waals surface area contributed by atoms with E-state index in [2.05, 4.69) is 4.90 Å². The minimum Gasteiger partial charge on any atom is -0.381 e. The molecule has 2 aromatic carbocycles. The Bertz CT molecular complexity index is 1520. The lowest BCUT2D eigenvalue weighted by Gasteiger charge is -2.36.